The second kappa shape index (κ2) is 4.23. The van der Waals surface area contributed by atoms with E-state index in [1.54, 1.807) is 0 Å². The number of benzene rings is 1. The third-order valence-corrected chi connectivity index (χ3v) is 2.72. The molecule has 0 saturated heterocycles. The highest BCUT2D eigenvalue weighted by atomic mass is 16.5. The van der Waals surface area contributed by atoms with Crippen LogP contribution in [0.4, 0.5) is 0 Å². The fourth-order valence-corrected chi connectivity index (χ4v) is 1.43. The molecular formula is C12H14O4. The average Bonchev–Trinajstić information content (AvgIpc) is 3.06. The quantitative estimate of drug-likeness (QED) is 0.733. The lowest BCUT2D eigenvalue weighted by Gasteiger charge is -2.15. The van der Waals surface area contributed by atoms with Gasteiger partial charge in [0, 0.05) is 0 Å². The van der Waals surface area contributed by atoms with Crippen LogP contribution in [0.1, 0.15) is 18.4 Å². The predicted molar refractivity (Wildman–Crippen MR) is 56.4 cm³/mol. The first-order valence-electron chi connectivity index (χ1n) is 5.23. The summed E-state index contributed by atoms with van der Waals surface area (Å²) in [6, 6.07) is 9.20. The molecule has 0 aromatic heterocycles. The van der Waals surface area contributed by atoms with E-state index in [0.29, 0.717) is 12.8 Å². The molecule has 16 heavy (non-hydrogen) atoms. The van der Waals surface area contributed by atoms with Gasteiger partial charge in [-0.1, -0.05) is 30.3 Å². The molecular weight excluding hydrogens is 208 g/mol. The van der Waals surface area contributed by atoms with Crippen molar-refractivity contribution < 1.29 is 19.7 Å². The molecule has 0 radical (unpaired) electrons. The number of ether oxygens (including phenoxy) is 1. The van der Waals surface area contributed by atoms with Crippen molar-refractivity contribution in [2.75, 3.05) is 0 Å². The van der Waals surface area contributed by atoms with Gasteiger partial charge in [0.05, 0.1) is 0 Å². The van der Waals surface area contributed by atoms with E-state index >= 15 is 0 Å². The fraction of sp³-hybridized carbons (Fsp3) is 0.417. The second-order valence-electron chi connectivity index (χ2n) is 4.10. The van der Waals surface area contributed by atoms with Gasteiger partial charge in [-0.3, -0.25) is 0 Å². The minimum Gasteiger partial charge on any atom is -0.459 e. The van der Waals surface area contributed by atoms with Gasteiger partial charge in [0.15, 0.2) is 6.10 Å². The zero-order valence-electron chi connectivity index (χ0n) is 8.80. The van der Waals surface area contributed by atoms with Crippen LogP contribution in [0, 0.1) is 0 Å². The van der Waals surface area contributed by atoms with Crippen LogP contribution in [0.3, 0.4) is 0 Å². The summed E-state index contributed by atoms with van der Waals surface area (Å²) in [4.78, 5) is 11.4. The lowest BCUT2D eigenvalue weighted by Crippen LogP contribution is -2.36. The number of hydrogen-bond acceptors (Lipinski definition) is 4. The van der Waals surface area contributed by atoms with Gasteiger partial charge in [0.25, 0.3) is 0 Å². The lowest BCUT2D eigenvalue weighted by atomic mass is 10.2. The first-order chi connectivity index (χ1) is 7.62. The molecule has 1 fully saturated rings. The van der Waals surface area contributed by atoms with Crippen LogP contribution in [0.2, 0.25) is 0 Å². The molecule has 4 nitrogen and oxygen atoms in total. The van der Waals surface area contributed by atoms with Gasteiger partial charge in [0.1, 0.15) is 12.2 Å². The molecule has 2 rings (SSSR count). The van der Waals surface area contributed by atoms with Gasteiger partial charge in [-0.05, 0) is 18.4 Å². The normalized spacial score (nSPS) is 18.9. The Labute approximate surface area is 93.5 Å². The minimum absolute atomic E-state index is 0.118. The topological polar surface area (TPSA) is 66.8 Å². The van der Waals surface area contributed by atoms with E-state index in [2.05, 4.69) is 0 Å². The third kappa shape index (κ3) is 2.40. The maximum Gasteiger partial charge on any atom is 0.338 e. The molecule has 1 atom stereocenters. The molecule has 2 N–H and O–H groups in total. The molecule has 1 aromatic rings. The van der Waals surface area contributed by atoms with Crippen molar-refractivity contribution in [1.29, 1.82) is 0 Å². The van der Waals surface area contributed by atoms with Crippen molar-refractivity contribution in [2.45, 2.75) is 31.2 Å². The van der Waals surface area contributed by atoms with E-state index in [1.165, 1.54) is 0 Å². The van der Waals surface area contributed by atoms with Gasteiger partial charge < -0.3 is 14.9 Å². The summed E-state index contributed by atoms with van der Waals surface area (Å²) in [6.45, 7) is 0.118. The van der Waals surface area contributed by atoms with Crippen molar-refractivity contribution in [3.63, 3.8) is 0 Å². The maximum absolute atomic E-state index is 11.4. The summed E-state index contributed by atoms with van der Waals surface area (Å²) in [7, 11) is 0. The van der Waals surface area contributed by atoms with E-state index < -0.39 is 17.7 Å². The number of aliphatic hydroxyl groups excluding tert-OH is 1. The van der Waals surface area contributed by atoms with E-state index in [4.69, 9.17) is 4.74 Å². The molecule has 4 heteroatoms. The summed E-state index contributed by atoms with van der Waals surface area (Å²) < 4.78 is 4.91. The summed E-state index contributed by atoms with van der Waals surface area (Å²) in [6.07, 6.45) is -0.514. The number of hydrogen-bond donors (Lipinski definition) is 2. The van der Waals surface area contributed by atoms with Gasteiger partial charge in [-0.25, -0.2) is 4.79 Å². The van der Waals surface area contributed by atoms with Crippen LogP contribution in [0.5, 0.6) is 0 Å². The zero-order valence-corrected chi connectivity index (χ0v) is 8.80. The van der Waals surface area contributed by atoms with Gasteiger partial charge in [-0.15, -0.1) is 0 Å². The van der Waals surface area contributed by atoms with Gasteiger partial charge in [0.2, 0.25) is 0 Å². The van der Waals surface area contributed by atoms with Crippen molar-refractivity contribution in [1.82, 2.24) is 0 Å². The number of carbonyl (C=O) groups excluding carboxylic acids is 1. The number of carbonyl (C=O) groups is 1. The van der Waals surface area contributed by atoms with Crippen LogP contribution in [-0.4, -0.2) is 27.9 Å². The second-order valence-corrected chi connectivity index (χ2v) is 4.10. The molecule has 1 aromatic carbocycles. The van der Waals surface area contributed by atoms with E-state index in [0.717, 1.165) is 5.56 Å². The van der Waals surface area contributed by atoms with Gasteiger partial charge >= 0.3 is 5.97 Å². The van der Waals surface area contributed by atoms with Crippen LogP contribution >= 0.6 is 0 Å². The van der Waals surface area contributed by atoms with Crippen LogP contribution in [-0.2, 0) is 16.1 Å². The van der Waals surface area contributed by atoms with Crippen molar-refractivity contribution in [2.24, 2.45) is 0 Å². The standard InChI is InChI=1S/C12H14O4/c13-10(12(15)6-7-12)11(14)16-8-9-4-2-1-3-5-9/h1-5,10,13,15H,6-8H2. The van der Waals surface area contributed by atoms with Gasteiger partial charge in [-0.2, -0.15) is 0 Å². The number of rotatable bonds is 4. The molecule has 1 aliphatic rings. The first-order valence-corrected chi connectivity index (χ1v) is 5.23. The van der Waals surface area contributed by atoms with Crippen LogP contribution in [0.15, 0.2) is 30.3 Å². The van der Waals surface area contributed by atoms with Crippen LogP contribution < -0.4 is 0 Å². The monoisotopic (exact) mass is 222 g/mol. The van der Waals surface area contributed by atoms with E-state index in [1.807, 2.05) is 30.3 Å². The Hall–Kier alpha value is -1.39. The summed E-state index contributed by atoms with van der Waals surface area (Å²) in [5, 5.41) is 19.0. The molecule has 0 heterocycles. The predicted octanol–water partition coefficient (Wildman–Crippen LogP) is 0.616. The Morgan fingerprint density at radius 2 is 2.00 bits per heavy atom. The molecule has 0 amide bonds. The van der Waals surface area contributed by atoms with Crippen LogP contribution in [0.25, 0.3) is 0 Å². The van der Waals surface area contributed by atoms with E-state index in [-0.39, 0.29) is 6.61 Å². The highest BCUT2D eigenvalue weighted by Crippen LogP contribution is 2.38. The summed E-state index contributed by atoms with van der Waals surface area (Å²) >= 11 is 0. The Bertz CT molecular complexity index is 370. The SMILES string of the molecule is O=C(OCc1ccccc1)C(O)C1(O)CC1. The Balaban J connectivity index is 1.84. The highest BCUT2D eigenvalue weighted by molar-refractivity contribution is 5.76. The number of aliphatic hydroxyl groups is 2. The highest BCUT2D eigenvalue weighted by Gasteiger charge is 2.51. The summed E-state index contributed by atoms with van der Waals surface area (Å²) in [5.74, 6) is -0.760. The maximum atomic E-state index is 11.4. The van der Waals surface area contributed by atoms with Crippen molar-refractivity contribution >= 4 is 5.97 Å². The first kappa shape index (κ1) is 11.1. The molecule has 1 saturated carbocycles. The zero-order chi connectivity index (χ0) is 11.6. The molecule has 0 aliphatic heterocycles. The van der Waals surface area contributed by atoms with Crippen molar-refractivity contribution in [3.05, 3.63) is 35.9 Å². The fourth-order valence-electron chi connectivity index (χ4n) is 1.43. The molecule has 0 bridgehead atoms. The van der Waals surface area contributed by atoms with Crippen molar-refractivity contribution in [3.8, 4) is 0 Å². The largest absolute Gasteiger partial charge is 0.459 e. The number of esters is 1. The van der Waals surface area contributed by atoms with E-state index in [9.17, 15) is 15.0 Å². The third-order valence-electron chi connectivity index (χ3n) is 2.72. The Morgan fingerprint density at radius 1 is 1.38 bits per heavy atom. The Kier molecular flexibility index (Phi) is 2.94. The molecule has 0 spiro atoms. The molecule has 1 aliphatic carbocycles. The Morgan fingerprint density at radius 3 is 2.56 bits per heavy atom. The smallest absolute Gasteiger partial charge is 0.338 e. The molecule has 86 valence electrons. The summed E-state index contributed by atoms with van der Waals surface area (Å²) in [5.41, 5.74) is -0.390. The minimum atomic E-state index is -1.42. The molecule has 1 unspecified atom stereocenters. The lowest BCUT2D eigenvalue weighted by molar-refractivity contribution is -0.162. The average molecular weight is 222 g/mol.